The molecule has 0 aliphatic carbocycles. The Morgan fingerprint density at radius 2 is 1.77 bits per heavy atom. The molecule has 4 rings (SSSR count). The predicted octanol–water partition coefficient (Wildman–Crippen LogP) is 3.70. The molecule has 5 nitrogen and oxygen atoms in total. The van der Waals surface area contributed by atoms with Gasteiger partial charge in [-0.1, -0.05) is 24.3 Å². The Balaban J connectivity index is 1.31. The molecule has 2 aromatic carbocycles. The van der Waals surface area contributed by atoms with Crippen LogP contribution in [-0.2, 0) is 15.8 Å². The van der Waals surface area contributed by atoms with Gasteiger partial charge < -0.3 is 15.1 Å². The van der Waals surface area contributed by atoms with Gasteiger partial charge in [0.1, 0.15) is 0 Å². The van der Waals surface area contributed by atoms with Crippen LogP contribution in [0.3, 0.4) is 0 Å². The van der Waals surface area contributed by atoms with Crippen LogP contribution in [0, 0.1) is 11.8 Å². The average molecular weight is 431 g/mol. The van der Waals surface area contributed by atoms with Crippen molar-refractivity contribution < 1.29 is 22.8 Å². The summed E-state index contributed by atoms with van der Waals surface area (Å²) in [5, 5.41) is 2.94. The van der Waals surface area contributed by atoms with Crippen molar-refractivity contribution >= 4 is 23.2 Å². The van der Waals surface area contributed by atoms with Crippen molar-refractivity contribution in [3.05, 3.63) is 60.2 Å². The number of anilines is 2. The highest BCUT2D eigenvalue weighted by Crippen LogP contribution is 2.33. The molecule has 0 saturated carbocycles. The molecule has 0 radical (unpaired) electrons. The molecule has 2 unspecified atom stereocenters. The van der Waals surface area contributed by atoms with Crippen LogP contribution in [0.15, 0.2) is 54.6 Å². The van der Waals surface area contributed by atoms with Crippen molar-refractivity contribution in [2.24, 2.45) is 11.8 Å². The van der Waals surface area contributed by atoms with Crippen molar-refractivity contribution in [2.75, 3.05) is 36.0 Å². The number of nitrogens with one attached hydrogen (secondary N) is 1. The van der Waals surface area contributed by atoms with E-state index >= 15 is 0 Å². The van der Waals surface area contributed by atoms with Gasteiger partial charge in [0.25, 0.3) is 0 Å². The van der Waals surface area contributed by atoms with Gasteiger partial charge in [-0.2, -0.15) is 13.2 Å². The van der Waals surface area contributed by atoms with E-state index in [2.05, 4.69) is 22.3 Å². The van der Waals surface area contributed by atoms with Gasteiger partial charge in [-0.05, 0) is 42.7 Å². The summed E-state index contributed by atoms with van der Waals surface area (Å²) in [6, 6.07) is 14.8. The lowest BCUT2D eigenvalue weighted by Crippen LogP contribution is -2.36. The molecule has 0 bridgehead atoms. The van der Waals surface area contributed by atoms with Crippen molar-refractivity contribution in [3.63, 3.8) is 0 Å². The predicted molar refractivity (Wildman–Crippen MR) is 112 cm³/mol. The number of para-hydroxylation sites is 1. The number of carbonyl (C=O) groups excluding carboxylic acids is 2. The van der Waals surface area contributed by atoms with Crippen LogP contribution >= 0.6 is 0 Å². The Labute approximate surface area is 178 Å². The number of carbonyl (C=O) groups is 2. The molecule has 0 aromatic heterocycles. The quantitative estimate of drug-likeness (QED) is 0.786. The second-order valence-corrected chi connectivity index (χ2v) is 8.13. The zero-order valence-electron chi connectivity index (χ0n) is 16.9. The maximum absolute atomic E-state index is 13.0. The SMILES string of the molecule is O=C(NCC1CCN(c2ccccc2)C1)C1CC(=O)N(c2cccc(C(F)(F)F)c2)C1. The van der Waals surface area contributed by atoms with E-state index < -0.39 is 17.7 Å². The standard InChI is InChI=1S/C23H24F3N3O2/c24-23(25,26)18-5-4-8-20(12-18)29-15-17(11-21(29)30)22(31)27-13-16-9-10-28(14-16)19-6-2-1-3-7-19/h1-8,12,16-17H,9-11,13-15H2,(H,27,31). The molecule has 2 aliphatic heterocycles. The first-order chi connectivity index (χ1) is 14.8. The lowest BCUT2D eigenvalue weighted by Gasteiger charge is -2.20. The fourth-order valence-electron chi connectivity index (χ4n) is 4.24. The second kappa shape index (κ2) is 8.61. The Hall–Kier alpha value is -3.03. The lowest BCUT2D eigenvalue weighted by atomic mass is 10.1. The van der Waals surface area contributed by atoms with Gasteiger partial charge in [-0.3, -0.25) is 9.59 Å². The fraction of sp³-hybridized carbons (Fsp3) is 0.391. The molecular formula is C23H24F3N3O2. The van der Waals surface area contributed by atoms with E-state index in [0.29, 0.717) is 12.5 Å². The zero-order valence-corrected chi connectivity index (χ0v) is 16.9. The third-order valence-electron chi connectivity index (χ3n) is 5.95. The van der Waals surface area contributed by atoms with Crippen LogP contribution in [0.1, 0.15) is 18.4 Å². The molecule has 2 amide bonds. The smallest absolute Gasteiger partial charge is 0.371 e. The molecule has 2 fully saturated rings. The van der Waals surface area contributed by atoms with Crippen LogP contribution in [0.2, 0.25) is 0 Å². The molecule has 31 heavy (non-hydrogen) atoms. The highest BCUT2D eigenvalue weighted by atomic mass is 19.4. The summed E-state index contributed by atoms with van der Waals surface area (Å²) in [6.07, 6.45) is -3.51. The zero-order chi connectivity index (χ0) is 22.0. The number of hydrogen-bond donors (Lipinski definition) is 1. The van der Waals surface area contributed by atoms with Gasteiger partial charge >= 0.3 is 6.18 Å². The van der Waals surface area contributed by atoms with E-state index in [1.54, 1.807) is 0 Å². The Morgan fingerprint density at radius 1 is 1.03 bits per heavy atom. The van der Waals surface area contributed by atoms with Crippen molar-refractivity contribution in [2.45, 2.75) is 19.0 Å². The van der Waals surface area contributed by atoms with E-state index in [4.69, 9.17) is 0 Å². The Morgan fingerprint density at radius 3 is 2.52 bits per heavy atom. The minimum Gasteiger partial charge on any atom is -0.371 e. The highest BCUT2D eigenvalue weighted by molar-refractivity contribution is 6.00. The maximum atomic E-state index is 13.0. The topological polar surface area (TPSA) is 52.7 Å². The number of alkyl halides is 3. The molecule has 2 atom stereocenters. The Kier molecular flexibility index (Phi) is 5.89. The third kappa shape index (κ3) is 4.84. The summed E-state index contributed by atoms with van der Waals surface area (Å²) in [7, 11) is 0. The number of rotatable bonds is 5. The minimum absolute atomic E-state index is 0.00286. The fourth-order valence-corrected chi connectivity index (χ4v) is 4.24. The minimum atomic E-state index is -4.48. The first-order valence-electron chi connectivity index (χ1n) is 10.4. The van der Waals surface area contributed by atoms with Crippen LogP contribution in [0.4, 0.5) is 24.5 Å². The van der Waals surface area contributed by atoms with Crippen LogP contribution in [0.5, 0.6) is 0 Å². The highest BCUT2D eigenvalue weighted by Gasteiger charge is 2.37. The summed E-state index contributed by atoms with van der Waals surface area (Å²) in [5.74, 6) is -0.800. The van der Waals surface area contributed by atoms with E-state index in [9.17, 15) is 22.8 Å². The average Bonchev–Trinajstić information content (AvgIpc) is 3.39. The van der Waals surface area contributed by atoms with Crippen molar-refractivity contribution in [1.82, 2.24) is 5.32 Å². The molecule has 2 heterocycles. The van der Waals surface area contributed by atoms with Crippen LogP contribution in [-0.4, -0.2) is 38.0 Å². The Bertz CT molecular complexity index is 949. The van der Waals surface area contributed by atoms with Crippen molar-refractivity contribution in [3.8, 4) is 0 Å². The van der Waals surface area contributed by atoms with Gasteiger partial charge in [-0.15, -0.1) is 0 Å². The number of nitrogens with zero attached hydrogens (tertiary/aromatic N) is 2. The monoisotopic (exact) mass is 431 g/mol. The first kappa shape index (κ1) is 21.2. The molecule has 2 saturated heterocycles. The normalized spacial score (nSPS) is 21.6. The molecular weight excluding hydrogens is 407 g/mol. The van der Waals surface area contributed by atoms with Gasteiger partial charge in [0, 0.05) is 44.0 Å². The summed E-state index contributed by atoms with van der Waals surface area (Å²) in [5.41, 5.74) is 0.522. The summed E-state index contributed by atoms with van der Waals surface area (Å²) < 4.78 is 38.9. The molecule has 1 N–H and O–H groups in total. The molecule has 2 aromatic rings. The van der Waals surface area contributed by atoms with Gasteiger partial charge in [0.15, 0.2) is 0 Å². The number of hydrogen-bond acceptors (Lipinski definition) is 3. The van der Waals surface area contributed by atoms with Gasteiger partial charge in [0.05, 0.1) is 11.5 Å². The van der Waals surface area contributed by atoms with E-state index in [1.165, 1.54) is 17.0 Å². The van der Waals surface area contributed by atoms with Crippen molar-refractivity contribution in [1.29, 1.82) is 0 Å². The third-order valence-corrected chi connectivity index (χ3v) is 5.95. The molecule has 2 aliphatic rings. The first-order valence-corrected chi connectivity index (χ1v) is 10.4. The number of benzene rings is 2. The second-order valence-electron chi connectivity index (χ2n) is 8.13. The largest absolute Gasteiger partial charge is 0.416 e. The van der Waals surface area contributed by atoms with E-state index in [-0.39, 0.29) is 30.5 Å². The molecule has 164 valence electrons. The van der Waals surface area contributed by atoms with E-state index in [1.807, 2.05) is 18.2 Å². The number of halogens is 3. The summed E-state index contributed by atoms with van der Waals surface area (Å²) in [4.78, 5) is 28.5. The molecule has 0 spiro atoms. The number of amides is 2. The summed E-state index contributed by atoms with van der Waals surface area (Å²) >= 11 is 0. The van der Waals surface area contributed by atoms with E-state index in [0.717, 1.165) is 37.3 Å². The van der Waals surface area contributed by atoms with Gasteiger partial charge in [0.2, 0.25) is 11.8 Å². The lowest BCUT2D eigenvalue weighted by molar-refractivity contribution is -0.137. The van der Waals surface area contributed by atoms with Crippen LogP contribution < -0.4 is 15.1 Å². The summed E-state index contributed by atoms with van der Waals surface area (Å²) in [6.45, 7) is 2.39. The maximum Gasteiger partial charge on any atom is 0.416 e. The molecule has 8 heteroatoms. The van der Waals surface area contributed by atoms with Crippen LogP contribution in [0.25, 0.3) is 0 Å². The van der Waals surface area contributed by atoms with Gasteiger partial charge in [-0.25, -0.2) is 0 Å².